The molecule has 0 bridgehead atoms. The molecule has 0 radical (unpaired) electrons. The van der Waals surface area contributed by atoms with E-state index in [1.807, 2.05) is 0 Å². The Bertz CT molecular complexity index is 572. The third-order valence-electron chi connectivity index (χ3n) is 3.90. The first-order chi connectivity index (χ1) is 9.76. The van der Waals surface area contributed by atoms with Crippen molar-refractivity contribution in [2.45, 2.75) is 32.4 Å². The second-order valence-corrected chi connectivity index (χ2v) is 6.54. The smallest absolute Gasteiger partial charge is 0.0470 e. The van der Waals surface area contributed by atoms with E-state index in [1.165, 1.54) is 24.0 Å². The lowest BCUT2D eigenvalue weighted by atomic mass is 10.1. The van der Waals surface area contributed by atoms with Gasteiger partial charge in [0.15, 0.2) is 0 Å². The molecule has 1 saturated carbocycles. The number of nitrogens with zero attached hydrogens (tertiary/aromatic N) is 1. The Morgan fingerprint density at radius 1 is 1.35 bits per heavy atom. The summed E-state index contributed by atoms with van der Waals surface area (Å²) < 4.78 is 3.43. The predicted molar refractivity (Wildman–Crippen MR) is 86.8 cm³/mol. The molecule has 0 amide bonds. The van der Waals surface area contributed by atoms with Gasteiger partial charge < -0.3 is 9.88 Å². The van der Waals surface area contributed by atoms with Crippen molar-refractivity contribution in [1.29, 1.82) is 0 Å². The van der Waals surface area contributed by atoms with Gasteiger partial charge in [-0.25, -0.2) is 0 Å². The molecule has 0 spiro atoms. The van der Waals surface area contributed by atoms with Crippen molar-refractivity contribution in [3.8, 4) is 0 Å². The van der Waals surface area contributed by atoms with Gasteiger partial charge in [0.2, 0.25) is 0 Å². The lowest BCUT2D eigenvalue weighted by Gasteiger charge is -2.15. The zero-order valence-electron chi connectivity index (χ0n) is 11.8. The molecule has 3 rings (SSSR count). The summed E-state index contributed by atoms with van der Waals surface area (Å²) in [6.45, 7) is 4.16. The topological polar surface area (TPSA) is 17.0 Å². The van der Waals surface area contributed by atoms with Gasteiger partial charge in [0.05, 0.1) is 0 Å². The van der Waals surface area contributed by atoms with Crippen LogP contribution in [0.2, 0.25) is 0 Å². The Balaban J connectivity index is 1.72. The van der Waals surface area contributed by atoms with Crippen molar-refractivity contribution >= 4 is 15.9 Å². The highest BCUT2D eigenvalue weighted by Crippen LogP contribution is 2.41. The number of rotatable bonds is 6. The number of nitrogens with one attached hydrogen (secondary N) is 1. The summed E-state index contributed by atoms with van der Waals surface area (Å²) in [4.78, 5) is 0. The lowest BCUT2D eigenvalue weighted by Crippen LogP contribution is -2.22. The summed E-state index contributed by atoms with van der Waals surface area (Å²) in [5.41, 5.74) is 2.76. The first kappa shape index (κ1) is 13.9. The van der Waals surface area contributed by atoms with Gasteiger partial charge in [0.1, 0.15) is 0 Å². The van der Waals surface area contributed by atoms with Crippen molar-refractivity contribution < 1.29 is 0 Å². The molecule has 1 aliphatic carbocycles. The molecule has 1 N–H and O–H groups in total. The van der Waals surface area contributed by atoms with Crippen molar-refractivity contribution in [3.05, 3.63) is 58.3 Å². The first-order valence-electron chi connectivity index (χ1n) is 7.40. The molecule has 1 aromatic heterocycles. The van der Waals surface area contributed by atoms with Crippen LogP contribution >= 0.6 is 15.9 Å². The van der Waals surface area contributed by atoms with Gasteiger partial charge in [0.25, 0.3) is 0 Å². The second-order valence-electron chi connectivity index (χ2n) is 5.62. The molecule has 1 fully saturated rings. The Hall–Kier alpha value is -1.06. The summed E-state index contributed by atoms with van der Waals surface area (Å²) in [5, 5.41) is 3.63. The van der Waals surface area contributed by atoms with Crippen molar-refractivity contribution in [2.24, 2.45) is 5.92 Å². The molecule has 106 valence electrons. The fraction of sp³-hybridized carbons (Fsp3) is 0.412. The highest BCUT2D eigenvalue weighted by atomic mass is 79.9. The van der Waals surface area contributed by atoms with Crippen LogP contribution in [0.5, 0.6) is 0 Å². The number of halogens is 1. The van der Waals surface area contributed by atoms with Crippen LogP contribution in [0.25, 0.3) is 0 Å². The SMILES string of the molecule is CCNC(c1ccn(Cc2cccc(Br)c2)c1)C1CC1. The number of benzene rings is 1. The van der Waals surface area contributed by atoms with Gasteiger partial charge >= 0.3 is 0 Å². The third-order valence-corrected chi connectivity index (χ3v) is 4.40. The molecule has 1 aliphatic rings. The molecule has 0 saturated heterocycles. The second kappa shape index (κ2) is 6.15. The minimum absolute atomic E-state index is 0.545. The molecule has 1 heterocycles. The van der Waals surface area contributed by atoms with E-state index in [0.717, 1.165) is 23.5 Å². The number of hydrogen-bond acceptors (Lipinski definition) is 1. The summed E-state index contributed by atoms with van der Waals surface area (Å²) >= 11 is 3.53. The Kier molecular flexibility index (Phi) is 4.27. The van der Waals surface area contributed by atoms with Crippen LogP contribution < -0.4 is 5.32 Å². The van der Waals surface area contributed by atoms with Gasteiger partial charge in [-0.2, -0.15) is 0 Å². The minimum atomic E-state index is 0.545. The third kappa shape index (κ3) is 3.33. The average Bonchev–Trinajstić information content (AvgIpc) is 3.16. The monoisotopic (exact) mass is 332 g/mol. The highest BCUT2D eigenvalue weighted by molar-refractivity contribution is 9.10. The Morgan fingerprint density at radius 2 is 2.20 bits per heavy atom. The maximum Gasteiger partial charge on any atom is 0.0470 e. The van der Waals surface area contributed by atoms with Crippen molar-refractivity contribution in [3.63, 3.8) is 0 Å². The standard InChI is InChI=1S/C17H21BrN2/c1-2-19-17(14-6-7-14)15-8-9-20(12-15)11-13-4-3-5-16(18)10-13/h3-5,8-10,12,14,17,19H,2,6-7,11H2,1H3. The van der Waals surface area contributed by atoms with E-state index in [4.69, 9.17) is 0 Å². The van der Waals surface area contributed by atoms with Crippen molar-refractivity contribution in [1.82, 2.24) is 9.88 Å². The summed E-state index contributed by atoms with van der Waals surface area (Å²) in [7, 11) is 0. The highest BCUT2D eigenvalue weighted by Gasteiger charge is 2.31. The number of aromatic nitrogens is 1. The molecular formula is C17H21BrN2. The molecule has 1 aromatic carbocycles. The average molecular weight is 333 g/mol. The Morgan fingerprint density at radius 3 is 2.90 bits per heavy atom. The predicted octanol–water partition coefficient (Wildman–Crippen LogP) is 4.36. The van der Waals surface area contributed by atoms with Crippen molar-refractivity contribution in [2.75, 3.05) is 6.54 Å². The van der Waals surface area contributed by atoms with Crippen LogP contribution in [0.15, 0.2) is 47.2 Å². The fourth-order valence-corrected chi connectivity index (χ4v) is 3.24. The van der Waals surface area contributed by atoms with Gasteiger partial charge in [-0.05, 0) is 54.6 Å². The van der Waals surface area contributed by atoms with Crippen LogP contribution in [-0.2, 0) is 6.54 Å². The minimum Gasteiger partial charge on any atom is -0.350 e. The van der Waals surface area contributed by atoms with Gasteiger partial charge in [-0.3, -0.25) is 0 Å². The molecular weight excluding hydrogens is 312 g/mol. The summed E-state index contributed by atoms with van der Waals surface area (Å²) in [5.74, 6) is 0.844. The van der Waals surface area contributed by atoms with Crippen LogP contribution in [0, 0.1) is 5.92 Å². The fourth-order valence-electron chi connectivity index (χ4n) is 2.79. The van der Waals surface area contributed by atoms with E-state index >= 15 is 0 Å². The lowest BCUT2D eigenvalue weighted by molar-refractivity contribution is 0.495. The Labute approximate surface area is 129 Å². The first-order valence-corrected chi connectivity index (χ1v) is 8.19. The van der Waals surface area contributed by atoms with Crippen LogP contribution in [-0.4, -0.2) is 11.1 Å². The van der Waals surface area contributed by atoms with Crippen LogP contribution in [0.4, 0.5) is 0 Å². The zero-order chi connectivity index (χ0) is 13.9. The molecule has 2 nitrogen and oxygen atoms in total. The van der Waals surface area contributed by atoms with E-state index < -0.39 is 0 Å². The van der Waals surface area contributed by atoms with E-state index in [0.29, 0.717) is 6.04 Å². The van der Waals surface area contributed by atoms with Gasteiger partial charge in [-0.15, -0.1) is 0 Å². The summed E-state index contributed by atoms with van der Waals surface area (Å²) in [6.07, 6.45) is 7.23. The summed E-state index contributed by atoms with van der Waals surface area (Å²) in [6, 6.07) is 11.3. The van der Waals surface area contributed by atoms with Gasteiger partial charge in [-0.1, -0.05) is 35.0 Å². The zero-order valence-corrected chi connectivity index (χ0v) is 13.4. The number of hydrogen-bond donors (Lipinski definition) is 1. The molecule has 1 unspecified atom stereocenters. The molecule has 20 heavy (non-hydrogen) atoms. The van der Waals surface area contributed by atoms with E-state index in [-0.39, 0.29) is 0 Å². The largest absolute Gasteiger partial charge is 0.350 e. The molecule has 2 aromatic rings. The molecule has 1 atom stereocenters. The van der Waals surface area contributed by atoms with E-state index in [1.54, 1.807) is 0 Å². The van der Waals surface area contributed by atoms with E-state index in [9.17, 15) is 0 Å². The van der Waals surface area contributed by atoms with Crippen LogP contribution in [0.3, 0.4) is 0 Å². The maximum absolute atomic E-state index is 3.63. The van der Waals surface area contributed by atoms with E-state index in [2.05, 4.69) is 75.5 Å². The normalized spacial score (nSPS) is 16.3. The van der Waals surface area contributed by atoms with Crippen LogP contribution in [0.1, 0.15) is 36.9 Å². The van der Waals surface area contributed by atoms with Gasteiger partial charge in [0, 0.05) is 29.5 Å². The molecule has 0 aliphatic heterocycles. The quantitative estimate of drug-likeness (QED) is 0.831. The molecule has 3 heteroatoms. The maximum atomic E-state index is 3.63.